The summed E-state index contributed by atoms with van der Waals surface area (Å²) in [5.74, 6) is -0.235. The Morgan fingerprint density at radius 1 is 1.23 bits per heavy atom. The summed E-state index contributed by atoms with van der Waals surface area (Å²) in [6, 6.07) is 6.59. The number of oxazole rings is 1. The predicted molar refractivity (Wildman–Crippen MR) is 92.4 cm³/mol. The van der Waals surface area contributed by atoms with Crippen molar-refractivity contribution >= 4 is 28.7 Å². The smallest absolute Gasteiger partial charge is 0.303 e. The van der Waals surface area contributed by atoms with Crippen LogP contribution < -0.4 is 21.5 Å². The number of hydrogen-bond donors (Lipinski definition) is 2. The van der Waals surface area contributed by atoms with Crippen LogP contribution in [0.4, 0.5) is 0 Å². The lowest BCUT2D eigenvalue weighted by molar-refractivity contribution is -0.697. The van der Waals surface area contributed by atoms with Gasteiger partial charge in [-0.25, -0.2) is 9.55 Å². The van der Waals surface area contributed by atoms with E-state index in [1.165, 1.54) is 6.07 Å². The van der Waals surface area contributed by atoms with E-state index >= 15 is 0 Å². The molecule has 0 saturated heterocycles. The number of nitrogens with zero attached hydrogens (tertiary/aromatic N) is 2. The number of pyridine rings is 1. The number of aryl methyl sites for hydroxylation is 1. The summed E-state index contributed by atoms with van der Waals surface area (Å²) in [5, 5.41) is 18.6. The SMILES string of the molecule is O=C(O)CCCCC[n+]1ccc(-c2nc3ccc(O)cc3o2)c(Cl)c1.[Br-]. The van der Waals surface area contributed by atoms with Crippen LogP contribution in [0.15, 0.2) is 41.1 Å². The van der Waals surface area contributed by atoms with Gasteiger partial charge in [-0.2, -0.15) is 0 Å². The molecule has 2 aromatic heterocycles. The number of phenolic OH excluding ortho intramolecular Hbond substituents is 1. The van der Waals surface area contributed by atoms with Crippen LogP contribution >= 0.6 is 11.6 Å². The van der Waals surface area contributed by atoms with E-state index < -0.39 is 5.97 Å². The summed E-state index contributed by atoms with van der Waals surface area (Å²) in [4.78, 5) is 14.9. The molecule has 0 aliphatic carbocycles. The molecule has 26 heavy (non-hydrogen) atoms. The third kappa shape index (κ3) is 4.95. The van der Waals surface area contributed by atoms with Crippen molar-refractivity contribution in [2.45, 2.75) is 32.2 Å². The van der Waals surface area contributed by atoms with Crippen molar-refractivity contribution in [1.82, 2.24) is 4.98 Å². The number of fused-ring (bicyclic) bond motifs is 1. The van der Waals surface area contributed by atoms with Gasteiger partial charge in [-0.15, -0.1) is 0 Å². The maximum atomic E-state index is 10.5. The predicted octanol–water partition coefficient (Wildman–Crippen LogP) is 0.790. The number of benzene rings is 1. The summed E-state index contributed by atoms with van der Waals surface area (Å²) in [5.41, 5.74) is 1.83. The number of carbonyl (C=O) groups is 1. The molecule has 3 rings (SSSR count). The van der Waals surface area contributed by atoms with Gasteiger partial charge in [-0.05, 0) is 25.0 Å². The standard InChI is InChI=1S/C18H17ClN2O4.BrH/c19-14-11-21(8-3-1-2-4-17(23)24)9-7-13(14)18-20-15-6-5-12(22)10-16(15)25-18;/h5-7,9-11H,1-4,8H2,(H,23,24);1H. The van der Waals surface area contributed by atoms with Crippen molar-refractivity contribution in [3.63, 3.8) is 0 Å². The molecule has 0 unspecified atom stereocenters. The molecule has 0 spiro atoms. The zero-order valence-electron chi connectivity index (χ0n) is 13.9. The third-order valence-electron chi connectivity index (χ3n) is 3.88. The van der Waals surface area contributed by atoms with Crippen LogP contribution in [-0.4, -0.2) is 21.2 Å². The van der Waals surface area contributed by atoms with Crippen molar-refractivity contribution in [2.24, 2.45) is 0 Å². The van der Waals surface area contributed by atoms with Crippen molar-refractivity contribution in [2.75, 3.05) is 0 Å². The third-order valence-corrected chi connectivity index (χ3v) is 4.18. The lowest BCUT2D eigenvalue weighted by Gasteiger charge is -2.01. The van der Waals surface area contributed by atoms with Gasteiger partial charge in [0.25, 0.3) is 0 Å². The highest BCUT2D eigenvalue weighted by Crippen LogP contribution is 2.30. The molecular formula is C18H18BrClN2O4. The Balaban J connectivity index is 0.00000243. The highest BCUT2D eigenvalue weighted by atomic mass is 79.9. The van der Waals surface area contributed by atoms with Gasteiger partial charge in [0.05, 0.1) is 5.56 Å². The number of halogens is 2. The second-order valence-electron chi connectivity index (χ2n) is 5.82. The molecule has 0 aliphatic heterocycles. The molecule has 6 nitrogen and oxygen atoms in total. The van der Waals surface area contributed by atoms with Crippen molar-refractivity contribution in [3.8, 4) is 17.2 Å². The van der Waals surface area contributed by atoms with Gasteiger partial charge in [0, 0.05) is 25.0 Å². The van der Waals surface area contributed by atoms with Gasteiger partial charge in [0.1, 0.15) is 22.8 Å². The molecule has 0 amide bonds. The zero-order chi connectivity index (χ0) is 17.8. The van der Waals surface area contributed by atoms with Gasteiger partial charge in [-0.3, -0.25) is 4.79 Å². The van der Waals surface area contributed by atoms with Crippen LogP contribution in [0.1, 0.15) is 25.7 Å². The molecule has 0 bridgehead atoms. The fraction of sp³-hybridized carbons (Fsp3) is 0.278. The van der Waals surface area contributed by atoms with Gasteiger partial charge in [-0.1, -0.05) is 11.6 Å². The van der Waals surface area contributed by atoms with E-state index in [0.29, 0.717) is 34.0 Å². The maximum absolute atomic E-state index is 10.5. The summed E-state index contributed by atoms with van der Waals surface area (Å²) in [6.07, 6.45) is 6.32. The van der Waals surface area contributed by atoms with Crippen LogP contribution in [-0.2, 0) is 11.3 Å². The Labute approximate surface area is 165 Å². The maximum Gasteiger partial charge on any atom is 0.303 e. The monoisotopic (exact) mass is 440 g/mol. The van der Waals surface area contributed by atoms with E-state index in [0.717, 1.165) is 19.4 Å². The largest absolute Gasteiger partial charge is 1.00 e. The van der Waals surface area contributed by atoms with Crippen molar-refractivity contribution in [1.29, 1.82) is 0 Å². The fourth-order valence-corrected chi connectivity index (χ4v) is 2.87. The molecular weight excluding hydrogens is 424 g/mol. The first-order valence-electron chi connectivity index (χ1n) is 8.03. The lowest BCUT2D eigenvalue weighted by atomic mass is 10.2. The number of aromatic nitrogens is 2. The molecule has 0 atom stereocenters. The minimum Gasteiger partial charge on any atom is -1.00 e. The summed E-state index contributed by atoms with van der Waals surface area (Å²) >= 11 is 6.36. The second kappa shape index (κ2) is 9.00. The molecule has 0 aliphatic rings. The van der Waals surface area contributed by atoms with Crippen LogP contribution in [0.2, 0.25) is 5.02 Å². The summed E-state index contributed by atoms with van der Waals surface area (Å²) in [7, 11) is 0. The Morgan fingerprint density at radius 3 is 2.77 bits per heavy atom. The van der Waals surface area contributed by atoms with Gasteiger partial charge < -0.3 is 31.6 Å². The van der Waals surface area contributed by atoms with E-state index in [-0.39, 0.29) is 29.2 Å². The number of aromatic hydroxyl groups is 1. The van der Waals surface area contributed by atoms with E-state index in [2.05, 4.69) is 4.98 Å². The van der Waals surface area contributed by atoms with E-state index in [1.807, 2.05) is 16.8 Å². The Morgan fingerprint density at radius 2 is 2.04 bits per heavy atom. The molecule has 2 heterocycles. The topological polar surface area (TPSA) is 87.4 Å². The first-order valence-corrected chi connectivity index (χ1v) is 8.41. The highest BCUT2D eigenvalue weighted by molar-refractivity contribution is 6.32. The average molecular weight is 442 g/mol. The number of rotatable bonds is 7. The quantitative estimate of drug-likeness (QED) is 0.418. The van der Waals surface area contributed by atoms with E-state index in [1.54, 1.807) is 18.3 Å². The molecule has 3 aromatic rings. The highest BCUT2D eigenvalue weighted by Gasteiger charge is 2.15. The second-order valence-corrected chi connectivity index (χ2v) is 6.23. The van der Waals surface area contributed by atoms with Crippen LogP contribution in [0.3, 0.4) is 0 Å². The molecule has 0 saturated carbocycles. The first-order chi connectivity index (χ1) is 12.0. The molecule has 8 heteroatoms. The molecule has 138 valence electrons. The van der Waals surface area contributed by atoms with Gasteiger partial charge >= 0.3 is 5.97 Å². The molecule has 1 aromatic carbocycles. The van der Waals surface area contributed by atoms with Gasteiger partial charge in [0.2, 0.25) is 5.89 Å². The minimum atomic E-state index is -0.758. The minimum absolute atomic E-state index is 0. The summed E-state index contributed by atoms with van der Waals surface area (Å²) < 4.78 is 7.63. The number of carboxylic acids is 1. The Bertz CT molecular complexity index is 913. The van der Waals surface area contributed by atoms with Crippen LogP contribution in [0.25, 0.3) is 22.6 Å². The van der Waals surface area contributed by atoms with Crippen LogP contribution in [0.5, 0.6) is 5.75 Å². The number of aliphatic carboxylic acids is 1. The average Bonchev–Trinajstić information content (AvgIpc) is 2.97. The van der Waals surface area contributed by atoms with Crippen molar-refractivity contribution in [3.05, 3.63) is 41.7 Å². The number of carboxylic acid groups (broad SMARTS) is 1. The van der Waals surface area contributed by atoms with E-state index in [9.17, 15) is 9.90 Å². The van der Waals surface area contributed by atoms with Gasteiger partial charge in [0.15, 0.2) is 18.0 Å². The zero-order valence-corrected chi connectivity index (χ0v) is 16.2. The van der Waals surface area contributed by atoms with Crippen LogP contribution in [0, 0.1) is 0 Å². The fourth-order valence-electron chi connectivity index (χ4n) is 2.60. The first kappa shape index (κ1) is 20.2. The lowest BCUT2D eigenvalue weighted by Crippen LogP contribution is -3.00. The number of unbranched alkanes of at least 4 members (excludes halogenated alkanes) is 2. The number of hydrogen-bond acceptors (Lipinski definition) is 4. The normalized spacial score (nSPS) is 10.7. The number of phenols is 1. The molecule has 0 radical (unpaired) electrons. The summed E-state index contributed by atoms with van der Waals surface area (Å²) in [6.45, 7) is 0.765. The Hall–Kier alpha value is -2.12. The molecule has 0 fully saturated rings. The van der Waals surface area contributed by atoms with Crippen molar-refractivity contribution < 1.29 is 41.0 Å². The molecule has 2 N–H and O–H groups in total. The van der Waals surface area contributed by atoms with E-state index in [4.69, 9.17) is 21.1 Å². The Kier molecular flexibility index (Phi) is 6.99.